The van der Waals surface area contributed by atoms with Crippen LogP contribution in [0.2, 0.25) is 5.02 Å². The molecule has 2 rings (SSSR count). The first-order chi connectivity index (χ1) is 11.7. The van der Waals surface area contributed by atoms with Crippen molar-refractivity contribution in [3.05, 3.63) is 34.9 Å². The lowest BCUT2D eigenvalue weighted by Crippen LogP contribution is -2.43. The topological polar surface area (TPSA) is 45.6 Å². The lowest BCUT2D eigenvalue weighted by molar-refractivity contribution is 0.105. The van der Waals surface area contributed by atoms with Gasteiger partial charge in [-0.2, -0.15) is 0 Å². The van der Waals surface area contributed by atoms with Gasteiger partial charge < -0.3 is 15.4 Å². The van der Waals surface area contributed by atoms with Gasteiger partial charge in [-0.1, -0.05) is 42.6 Å². The van der Waals surface area contributed by atoms with Gasteiger partial charge in [0.2, 0.25) is 0 Å². The summed E-state index contributed by atoms with van der Waals surface area (Å²) < 4.78 is 5.58. The molecular formula is C19H30ClN3O. The third-order valence-electron chi connectivity index (χ3n) is 4.90. The Bertz CT molecular complexity index is 527. The van der Waals surface area contributed by atoms with Crippen LogP contribution >= 0.6 is 11.6 Å². The Labute approximate surface area is 151 Å². The fourth-order valence-corrected chi connectivity index (χ4v) is 3.59. The van der Waals surface area contributed by atoms with E-state index in [9.17, 15) is 0 Å². The Hall–Kier alpha value is -1.26. The van der Waals surface area contributed by atoms with Crippen molar-refractivity contribution in [1.29, 1.82) is 0 Å². The standard InChI is InChI=1S/C19H30ClN3O/c1-3-24-13-12-19(10-6-7-11-19)15-23-18(21-2)22-14-16-8-4-5-9-17(16)20/h4-5,8-9H,3,6-7,10-15H2,1-2H3,(H2,21,22,23). The van der Waals surface area contributed by atoms with Gasteiger partial charge in [-0.25, -0.2) is 0 Å². The number of benzene rings is 1. The molecule has 4 nitrogen and oxygen atoms in total. The maximum atomic E-state index is 6.21. The van der Waals surface area contributed by atoms with E-state index < -0.39 is 0 Å². The van der Waals surface area contributed by atoms with Gasteiger partial charge in [0, 0.05) is 38.4 Å². The second-order valence-corrected chi connectivity index (χ2v) is 6.93. The molecule has 5 heteroatoms. The average Bonchev–Trinajstić information content (AvgIpc) is 3.06. The van der Waals surface area contributed by atoms with Crippen molar-refractivity contribution in [3.63, 3.8) is 0 Å². The molecular weight excluding hydrogens is 322 g/mol. The molecule has 0 amide bonds. The summed E-state index contributed by atoms with van der Waals surface area (Å²) in [4.78, 5) is 4.34. The van der Waals surface area contributed by atoms with Gasteiger partial charge in [0.15, 0.2) is 5.96 Å². The predicted octanol–water partition coefficient (Wildman–Crippen LogP) is 3.99. The summed E-state index contributed by atoms with van der Waals surface area (Å²) in [6.07, 6.45) is 6.30. The highest BCUT2D eigenvalue weighted by Gasteiger charge is 2.33. The van der Waals surface area contributed by atoms with Gasteiger partial charge in [-0.15, -0.1) is 0 Å². The van der Waals surface area contributed by atoms with E-state index in [-0.39, 0.29) is 0 Å². The largest absolute Gasteiger partial charge is 0.382 e. The monoisotopic (exact) mass is 351 g/mol. The van der Waals surface area contributed by atoms with Gasteiger partial charge >= 0.3 is 0 Å². The number of halogens is 1. The number of rotatable bonds is 8. The lowest BCUT2D eigenvalue weighted by Gasteiger charge is -2.30. The Morgan fingerprint density at radius 1 is 1.25 bits per heavy atom. The Morgan fingerprint density at radius 3 is 2.67 bits per heavy atom. The summed E-state index contributed by atoms with van der Waals surface area (Å²) >= 11 is 6.21. The summed E-state index contributed by atoms with van der Waals surface area (Å²) in [6.45, 7) is 5.32. The zero-order valence-electron chi connectivity index (χ0n) is 14.9. The molecule has 1 saturated carbocycles. The van der Waals surface area contributed by atoms with Crippen molar-refractivity contribution in [1.82, 2.24) is 10.6 Å². The number of hydrogen-bond acceptors (Lipinski definition) is 2. The van der Waals surface area contributed by atoms with Crippen LogP contribution in [0, 0.1) is 5.41 Å². The van der Waals surface area contributed by atoms with Crippen molar-refractivity contribution >= 4 is 17.6 Å². The quantitative estimate of drug-likeness (QED) is 0.423. The molecule has 1 aliphatic rings. The minimum absolute atomic E-state index is 0.344. The number of aliphatic imine (C=N–C) groups is 1. The van der Waals surface area contributed by atoms with E-state index in [0.717, 1.165) is 42.7 Å². The molecule has 0 spiro atoms. The Kier molecular flexibility index (Phi) is 7.86. The van der Waals surface area contributed by atoms with Crippen LogP contribution in [0.3, 0.4) is 0 Å². The summed E-state index contributed by atoms with van der Waals surface area (Å²) in [5.41, 5.74) is 1.42. The second-order valence-electron chi connectivity index (χ2n) is 6.52. The van der Waals surface area contributed by atoms with Crippen LogP contribution in [0.15, 0.2) is 29.3 Å². The van der Waals surface area contributed by atoms with Crippen molar-refractivity contribution < 1.29 is 4.74 Å². The molecule has 0 heterocycles. The molecule has 1 aliphatic carbocycles. The first kappa shape index (κ1) is 19.1. The van der Waals surface area contributed by atoms with Crippen LogP contribution in [0.4, 0.5) is 0 Å². The van der Waals surface area contributed by atoms with Crippen LogP contribution in [0.25, 0.3) is 0 Å². The molecule has 2 N–H and O–H groups in total. The molecule has 0 radical (unpaired) electrons. The van der Waals surface area contributed by atoms with Crippen molar-refractivity contribution in [2.75, 3.05) is 26.8 Å². The zero-order chi connectivity index (χ0) is 17.3. The van der Waals surface area contributed by atoms with E-state index in [1.807, 2.05) is 31.3 Å². The minimum Gasteiger partial charge on any atom is -0.382 e. The van der Waals surface area contributed by atoms with Gasteiger partial charge in [0.1, 0.15) is 0 Å². The predicted molar refractivity (Wildman–Crippen MR) is 102 cm³/mol. The van der Waals surface area contributed by atoms with Gasteiger partial charge in [0.05, 0.1) is 0 Å². The molecule has 0 bridgehead atoms. The van der Waals surface area contributed by atoms with E-state index >= 15 is 0 Å². The number of guanidine groups is 1. The lowest BCUT2D eigenvalue weighted by atomic mass is 9.83. The van der Waals surface area contributed by atoms with E-state index in [1.54, 1.807) is 0 Å². The van der Waals surface area contributed by atoms with E-state index in [2.05, 4.69) is 22.5 Å². The first-order valence-electron chi connectivity index (χ1n) is 8.95. The molecule has 1 aromatic rings. The minimum atomic E-state index is 0.344. The fourth-order valence-electron chi connectivity index (χ4n) is 3.39. The highest BCUT2D eigenvalue weighted by molar-refractivity contribution is 6.31. The number of ether oxygens (including phenoxy) is 1. The van der Waals surface area contributed by atoms with Crippen molar-refractivity contribution in [3.8, 4) is 0 Å². The normalized spacial score (nSPS) is 17.0. The van der Waals surface area contributed by atoms with E-state index in [1.165, 1.54) is 25.7 Å². The molecule has 0 unspecified atom stereocenters. The summed E-state index contributed by atoms with van der Waals surface area (Å²) in [6, 6.07) is 7.89. The van der Waals surface area contributed by atoms with Crippen LogP contribution in [0.1, 0.15) is 44.6 Å². The average molecular weight is 352 g/mol. The van der Waals surface area contributed by atoms with E-state index in [4.69, 9.17) is 16.3 Å². The molecule has 134 valence electrons. The molecule has 0 atom stereocenters. The third kappa shape index (κ3) is 5.67. The molecule has 1 fully saturated rings. The Balaban J connectivity index is 1.84. The Morgan fingerprint density at radius 2 is 2.00 bits per heavy atom. The summed E-state index contributed by atoms with van der Waals surface area (Å²) in [5, 5.41) is 7.65. The maximum absolute atomic E-state index is 6.21. The fraction of sp³-hybridized carbons (Fsp3) is 0.632. The molecule has 1 aromatic carbocycles. The SMILES string of the molecule is CCOCCC1(CNC(=NC)NCc2ccccc2Cl)CCCC1. The number of nitrogens with one attached hydrogen (secondary N) is 2. The zero-order valence-corrected chi connectivity index (χ0v) is 15.7. The first-order valence-corrected chi connectivity index (χ1v) is 9.32. The van der Waals surface area contributed by atoms with Crippen LogP contribution in [-0.2, 0) is 11.3 Å². The highest BCUT2D eigenvalue weighted by Crippen LogP contribution is 2.40. The van der Waals surface area contributed by atoms with Crippen molar-refractivity contribution in [2.45, 2.75) is 45.6 Å². The van der Waals surface area contributed by atoms with Crippen LogP contribution in [0.5, 0.6) is 0 Å². The highest BCUT2D eigenvalue weighted by atomic mass is 35.5. The smallest absolute Gasteiger partial charge is 0.191 e. The third-order valence-corrected chi connectivity index (χ3v) is 5.27. The molecule has 0 aliphatic heterocycles. The molecule has 0 aromatic heterocycles. The van der Waals surface area contributed by atoms with Gasteiger partial charge in [-0.3, -0.25) is 4.99 Å². The maximum Gasteiger partial charge on any atom is 0.191 e. The van der Waals surface area contributed by atoms with Crippen LogP contribution < -0.4 is 10.6 Å². The van der Waals surface area contributed by atoms with Crippen molar-refractivity contribution in [2.24, 2.45) is 10.4 Å². The summed E-state index contributed by atoms with van der Waals surface area (Å²) in [7, 11) is 1.81. The van der Waals surface area contributed by atoms with Gasteiger partial charge in [0.25, 0.3) is 0 Å². The van der Waals surface area contributed by atoms with Gasteiger partial charge in [-0.05, 0) is 43.2 Å². The number of nitrogens with zero attached hydrogens (tertiary/aromatic N) is 1. The second kappa shape index (κ2) is 9.90. The summed E-state index contributed by atoms with van der Waals surface area (Å²) in [5.74, 6) is 0.831. The van der Waals surface area contributed by atoms with Crippen LogP contribution in [-0.4, -0.2) is 32.8 Å². The molecule has 24 heavy (non-hydrogen) atoms. The molecule has 0 saturated heterocycles. The number of hydrogen-bond donors (Lipinski definition) is 2. The van der Waals surface area contributed by atoms with E-state index in [0.29, 0.717) is 12.0 Å².